The van der Waals surface area contributed by atoms with Crippen LogP contribution in [0.25, 0.3) is 11.3 Å². The van der Waals surface area contributed by atoms with Crippen LogP contribution in [-0.4, -0.2) is 62.8 Å². The molecule has 0 aliphatic carbocycles. The van der Waals surface area contributed by atoms with Gasteiger partial charge in [-0.1, -0.05) is 34.4 Å². The van der Waals surface area contributed by atoms with Gasteiger partial charge < -0.3 is 19.7 Å². The number of amides is 2. The number of nitrogens with zero attached hydrogens (tertiary/aromatic N) is 2. The maximum Gasteiger partial charge on any atom is 0.352 e. The van der Waals surface area contributed by atoms with E-state index in [0.29, 0.717) is 33.5 Å². The monoisotopic (exact) mass is 523 g/mol. The minimum Gasteiger partial charge on any atom is -0.477 e. The van der Waals surface area contributed by atoms with E-state index in [9.17, 15) is 19.5 Å². The minimum atomic E-state index is -1.18. The van der Waals surface area contributed by atoms with Crippen molar-refractivity contribution < 1.29 is 28.8 Å². The maximum atomic E-state index is 13.2. The molecule has 0 saturated carbocycles. The van der Waals surface area contributed by atoms with Crippen LogP contribution in [0.4, 0.5) is 0 Å². The van der Waals surface area contributed by atoms with Crippen LogP contribution in [-0.2, 0) is 14.3 Å². The van der Waals surface area contributed by atoms with Gasteiger partial charge in [-0.15, -0.1) is 11.8 Å². The van der Waals surface area contributed by atoms with Crippen molar-refractivity contribution in [2.75, 3.05) is 12.4 Å². The first-order valence-corrected chi connectivity index (χ1v) is 12.3. The molecule has 3 atom stereocenters. The summed E-state index contributed by atoms with van der Waals surface area (Å²) in [6, 6.07) is 4.00. The Morgan fingerprint density at radius 3 is 2.68 bits per heavy atom. The van der Waals surface area contributed by atoms with Crippen LogP contribution in [0.1, 0.15) is 29.0 Å². The molecule has 178 valence electrons. The molecular weight excluding hydrogens is 505 g/mol. The van der Waals surface area contributed by atoms with Crippen molar-refractivity contribution in [2.24, 2.45) is 0 Å². The Kier molecular flexibility index (Phi) is 6.09. The first-order chi connectivity index (χ1) is 16.3. The molecule has 2 fully saturated rings. The normalized spacial score (nSPS) is 24.1. The molecule has 12 heteroatoms. The number of carbonyl (C=O) groups is 3. The van der Waals surface area contributed by atoms with Gasteiger partial charge in [0.15, 0.2) is 0 Å². The zero-order valence-corrected chi connectivity index (χ0v) is 20.2. The molecular formula is C22H19Cl2N3O6S. The molecule has 4 heterocycles. The number of benzene rings is 1. The molecule has 1 aromatic carbocycles. The molecule has 1 aromatic heterocycles. The predicted molar refractivity (Wildman–Crippen MR) is 125 cm³/mol. The van der Waals surface area contributed by atoms with E-state index in [1.54, 1.807) is 25.1 Å². The molecule has 0 radical (unpaired) electrons. The highest BCUT2D eigenvalue weighted by atomic mass is 35.5. The SMILES string of the molecule is Cc1onc(-c2c(Cl)cccc2Cl)c1C(=O)N[C@@H]1C(=O)N2C(C(=O)O)=C([C@@H]3CCCO3)CS[C@H]12. The number of rotatable bonds is 5. The molecule has 2 amide bonds. The third kappa shape index (κ3) is 3.69. The van der Waals surface area contributed by atoms with Gasteiger partial charge in [-0.2, -0.15) is 0 Å². The van der Waals surface area contributed by atoms with Crippen LogP contribution < -0.4 is 5.32 Å². The maximum absolute atomic E-state index is 13.2. The summed E-state index contributed by atoms with van der Waals surface area (Å²) in [7, 11) is 0. The molecule has 3 aliphatic heterocycles. The van der Waals surface area contributed by atoms with E-state index in [0.717, 1.165) is 12.8 Å². The lowest BCUT2D eigenvalue weighted by Gasteiger charge is -2.49. The Labute approximate surface area is 208 Å². The van der Waals surface area contributed by atoms with Crippen molar-refractivity contribution >= 4 is 52.7 Å². The van der Waals surface area contributed by atoms with Gasteiger partial charge in [0.05, 0.1) is 16.1 Å². The zero-order valence-electron chi connectivity index (χ0n) is 17.8. The number of halogens is 2. The summed E-state index contributed by atoms with van der Waals surface area (Å²) in [6.45, 7) is 2.14. The van der Waals surface area contributed by atoms with E-state index in [1.165, 1.54) is 16.7 Å². The van der Waals surface area contributed by atoms with Gasteiger partial charge in [0, 0.05) is 17.9 Å². The molecule has 2 aromatic rings. The zero-order chi connectivity index (χ0) is 24.1. The van der Waals surface area contributed by atoms with Crippen LogP contribution in [0.3, 0.4) is 0 Å². The third-order valence-electron chi connectivity index (χ3n) is 6.09. The van der Waals surface area contributed by atoms with Crippen molar-refractivity contribution in [3.8, 4) is 11.3 Å². The highest BCUT2D eigenvalue weighted by molar-refractivity contribution is 8.00. The van der Waals surface area contributed by atoms with Crippen molar-refractivity contribution in [1.29, 1.82) is 0 Å². The number of thioether (sulfide) groups is 1. The van der Waals surface area contributed by atoms with Crippen LogP contribution in [0.2, 0.25) is 10.0 Å². The molecule has 0 spiro atoms. The molecule has 5 rings (SSSR count). The molecule has 0 unspecified atom stereocenters. The largest absolute Gasteiger partial charge is 0.477 e. The molecule has 34 heavy (non-hydrogen) atoms. The Balaban J connectivity index is 1.41. The van der Waals surface area contributed by atoms with E-state index >= 15 is 0 Å². The fourth-order valence-electron chi connectivity index (χ4n) is 4.49. The topological polar surface area (TPSA) is 122 Å². The third-order valence-corrected chi connectivity index (χ3v) is 8.03. The average Bonchev–Trinajstić information content (AvgIpc) is 3.46. The van der Waals surface area contributed by atoms with E-state index < -0.39 is 29.2 Å². The molecule has 2 saturated heterocycles. The summed E-state index contributed by atoms with van der Waals surface area (Å²) in [4.78, 5) is 39.5. The second-order valence-electron chi connectivity index (χ2n) is 8.10. The number of aliphatic carboxylic acids is 1. The van der Waals surface area contributed by atoms with Crippen LogP contribution in [0, 0.1) is 6.92 Å². The predicted octanol–water partition coefficient (Wildman–Crippen LogP) is 3.49. The molecule has 2 N–H and O–H groups in total. The van der Waals surface area contributed by atoms with E-state index in [2.05, 4.69) is 10.5 Å². The highest BCUT2D eigenvalue weighted by Gasteiger charge is 2.55. The average molecular weight is 524 g/mol. The Bertz CT molecular complexity index is 1220. The number of fused-ring (bicyclic) bond motifs is 1. The number of aryl methyl sites for hydroxylation is 1. The minimum absolute atomic E-state index is 0.0455. The molecule has 3 aliphatic rings. The second kappa shape index (κ2) is 8.92. The van der Waals surface area contributed by atoms with Gasteiger partial charge in [-0.3, -0.25) is 14.5 Å². The van der Waals surface area contributed by atoms with E-state index in [4.69, 9.17) is 32.5 Å². The van der Waals surface area contributed by atoms with Gasteiger partial charge >= 0.3 is 5.97 Å². The van der Waals surface area contributed by atoms with E-state index in [1.807, 2.05) is 0 Å². The molecule has 9 nitrogen and oxygen atoms in total. The quantitative estimate of drug-likeness (QED) is 0.571. The van der Waals surface area contributed by atoms with Crippen molar-refractivity contribution in [1.82, 2.24) is 15.4 Å². The van der Waals surface area contributed by atoms with Crippen molar-refractivity contribution in [3.63, 3.8) is 0 Å². The van der Waals surface area contributed by atoms with Crippen molar-refractivity contribution in [3.05, 3.63) is 50.8 Å². The summed E-state index contributed by atoms with van der Waals surface area (Å²) in [5.74, 6) is -1.63. The van der Waals surface area contributed by atoms with Gasteiger partial charge in [0.25, 0.3) is 11.8 Å². The van der Waals surface area contributed by atoms with Crippen LogP contribution in [0.15, 0.2) is 34.0 Å². The van der Waals surface area contributed by atoms with Gasteiger partial charge in [-0.05, 0) is 37.5 Å². The van der Waals surface area contributed by atoms with Crippen LogP contribution >= 0.6 is 35.0 Å². The number of nitrogens with one attached hydrogen (secondary N) is 1. The fourth-order valence-corrected chi connectivity index (χ4v) is 6.47. The van der Waals surface area contributed by atoms with Gasteiger partial charge in [-0.25, -0.2) is 4.79 Å². The molecule has 0 bridgehead atoms. The Hall–Kier alpha value is -2.53. The summed E-state index contributed by atoms with van der Waals surface area (Å²) < 4.78 is 10.9. The van der Waals surface area contributed by atoms with Crippen molar-refractivity contribution in [2.45, 2.75) is 37.3 Å². The van der Waals surface area contributed by atoms with Crippen LogP contribution in [0.5, 0.6) is 0 Å². The smallest absolute Gasteiger partial charge is 0.352 e. The summed E-state index contributed by atoms with van der Waals surface area (Å²) in [5.41, 5.74) is 1.18. The number of hydrogen-bond donors (Lipinski definition) is 2. The number of hydrogen-bond acceptors (Lipinski definition) is 7. The second-order valence-corrected chi connectivity index (χ2v) is 10.0. The summed E-state index contributed by atoms with van der Waals surface area (Å²) in [5, 5.41) is 16.6. The lowest BCUT2D eigenvalue weighted by atomic mass is 9.98. The van der Waals surface area contributed by atoms with Gasteiger partial charge in [0.2, 0.25) is 0 Å². The standard InChI is InChI=1S/C22H19Cl2N3O6S/c1-9-14(16(26-33-9)15-11(23)4-2-5-12(15)24)19(28)25-17-20(29)27-18(22(30)31)10(8-34-21(17)27)13-6-3-7-32-13/h2,4-5,13,17,21H,3,6-8H2,1H3,(H,25,28)(H,30,31)/t13-,17+,21+/m0/s1. The summed E-state index contributed by atoms with van der Waals surface area (Å²) >= 11 is 14.0. The fraction of sp³-hybridized carbons (Fsp3) is 0.364. The number of ether oxygens (including phenoxy) is 1. The Morgan fingerprint density at radius 2 is 2.03 bits per heavy atom. The Morgan fingerprint density at radius 1 is 1.29 bits per heavy atom. The number of aromatic nitrogens is 1. The lowest BCUT2D eigenvalue weighted by molar-refractivity contribution is -0.149. The number of carboxylic acid groups (broad SMARTS) is 1. The lowest BCUT2D eigenvalue weighted by Crippen LogP contribution is -2.70. The number of β-lactam (4-membered cyclic amide) rings is 1. The summed E-state index contributed by atoms with van der Waals surface area (Å²) in [6.07, 6.45) is 1.26. The first kappa shape index (κ1) is 23.2. The number of carboxylic acids is 1. The van der Waals surface area contributed by atoms with E-state index in [-0.39, 0.29) is 28.8 Å². The van der Waals surface area contributed by atoms with Gasteiger partial charge in [0.1, 0.15) is 34.1 Å². The highest BCUT2D eigenvalue weighted by Crippen LogP contribution is 2.43. The number of carbonyl (C=O) groups excluding carboxylic acids is 2. The first-order valence-electron chi connectivity index (χ1n) is 10.5.